The van der Waals surface area contributed by atoms with E-state index in [1.54, 1.807) is 29.7 Å². The molecule has 10 heteroatoms. The van der Waals surface area contributed by atoms with Gasteiger partial charge in [0.1, 0.15) is 12.1 Å². The number of hydrogen-bond donors (Lipinski definition) is 2. The molecule has 2 amide bonds. The fourth-order valence-corrected chi connectivity index (χ4v) is 4.31. The van der Waals surface area contributed by atoms with Gasteiger partial charge in [-0.05, 0) is 45.6 Å². The first-order chi connectivity index (χ1) is 14.1. The molecule has 2 aliphatic heterocycles. The van der Waals surface area contributed by atoms with Crippen molar-refractivity contribution in [1.29, 1.82) is 0 Å². The molecular formula is C20H30N4O6. The predicted molar refractivity (Wildman–Crippen MR) is 108 cm³/mol. The van der Waals surface area contributed by atoms with Gasteiger partial charge in [-0.25, -0.2) is 4.79 Å². The molecule has 2 N–H and O–H groups in total. The molecule has 0 aromatic carbocycles. The molecule has 0 bridgehead atoms. The van der Waals surface area contributed by atoms with Crippen molar-refractivity contribution in [2.75, 3.05) is 26.2 Å². The van der Waals surface area contributed by atoms with Gasteiger partial charge in [0, 0.05) is 37.9 Å². The number of likely N-dealkylation sites (tertiary alicyclic amines) is 2. The van der Waals surface area contributed by atoms with E-state index < -0.39 is 17.2 Å². The van der Waals surface area contributed by atoms with Crippen molar-refractivity contribution in [3.63, 3.8) is 0 Å². The number of aryl methyl sites for hydroxylation is 2. The highest BCUT2D eigenvalue weighted by molar-refractivity contribution is 5.92. The van der Waals surface area contributed by atoms with Crippen LogP contribution >= 0.6 is 0 Å². The van der Waals surface area contributed by atoms with E-state index in [1.807, 2.05) is 0 Å². The maximum absolute atomic E-state index is 13.0. The molecule has 1 spiro atoms. The number of aliphatic carboxylic acids is 1. The van der Waals surface area contributed by atoms with Crippen LogP contribution in [0.4, 0.5) is 0 Å². The van der Waals surface area contributed by atoms with Crippen molar-refractivity contribution in [2.24, 2.45) is 0 Å². The average molecular weight is 422 g/mol. The number of carboxylic acids is 1. The van der Waals surface area contributed by atoms with Crippen LogP contribution in [0.1, 0.15) is 44.0 Å². The molecule has 30 heavy (non-hydrogen) atoms. The first-order valence-corrected chi connectivity index (χ1v) is 10.1. The summed E-state index contributed by atoms with van der Waals surface area (Å²) in [5.74, 6) is -1.13. The van der Waals surface area contributed by atoms with Crippen LogP contribution in [-0.4, -0.2) is 79.1 Å². The second kappa shape index (κ2) is 9.84. The minimum absolute atomic E-state index is 0.0743. The summed E-state index contributed by atoms with van der Waals surface area (Å²) in [6, 6.07) is 1.77. The minimum atomic E-state index is -0.833. The third-order valence-corrected chi connectivity index (χ3v) is 5.50. The lowest BCUT2D eigenvalue weighted by atomic mass is 9.85. The third kappa shape index (κ3) is 5.05. The van der Waals surface area contributed by atoms with Gasteiger partial charge in [0.15, 0.2) is 0 Å². The smallest absolute Gasteiger partial charge is 0.348 e. The van der Waals surface area contributed by atoms with Gasteiger partial charge in [0.2, 0.25) is 11.8 Å². The van der Waals surface area contributed by atoms with Gasteiger partial charge in [-0.2, -0.15) is 4.98 Å². The number of β-amino-alcohol motifs (C(OH)–C–C–N with tert-alkyl or cyclic N) is 1. The SMILES string of the molecule is CC(=O)O.Cc1cc(C)n(CC(=O)N2CCCC23CCCN(CCO)C3=O)c(=O)n1. The van der Waals surface area contributed by atoms with Crippen LogP contribution in [0.15, 0.2) is 10.9 Å². The van der Waals surface area contributed by atoms with Gasteiger partial charge in [0.05, 0.1) is 6.61 Å². The molecule has 0 saturated carbocycles. The van der Waals surface area contributed by atoms with E-state index >= 15 is 0 Å². The van der Waals surface area contributed by atoms with Gasteiger partial charge < -0.3 is 20.0 Å². The number of amides is 2. The summed E-state index contributed by atoms with van der Waals surface area (Å²) >= 11 is 0. The summed E-state index contributed by atoms with van der Waals surface area (Å²) in [5, 5.41) is 16.6. The fraction of sp³-hybridized carbons (Fsp3) is 0.650. The van der Waals surface area contributed by atoms with Crippen molar-refractivity contribution >= 4 is 17.8 Å². The number of nitrogens with zero attached hydrogens (tertiary/aromatic N) is 4. The molecule has 2 fully saturated rings. The Balaban J connectivity index is 0.000000735. The number of hydrogen-bond acceptors (Lipinski definition) is 6. The number of rotatable bonds is 4. The van der Waals surface area contributed by atoms with E-state index in [9.17, 15) is 19.5 Å². The van der Waals surface area contributed by atoms with Crippen molar-refractivity contribution in [3.8, 4) is 0 Å². The molecule has 1 unspecified atom stereocenters. The van der Waals surface area contributed by atoms with Crippen LogP contribution in [-0.2, 0) is 20.9 Å². The van der Waals surface area contributed by atoms with Gasteiger partial charge in [-0.3, -0.25) is 19.0 Å². The lowest BCUT2D eigenvalue weighted by molar-refractivity contribution is -0.156. The van der Waals surface area contributed by atoms with Crippen molar-refractivity contribution in [1.82, 2.24) is 19.4 Å². The molecule has 166 valence electrons. The highest BCUT2D eigenvalue weighted by Crippen LogP contribution is 2.38. The van der Waals surface area contributed by atoms with Crippen molar-refractivity contribution in [2.45, 2.75) is 58.5 Å². The fourth-order valence-electron chi connectivity index (χ4n) is 4.31. The number of carbonyl (C=O) groups excluding carboxylic acids is 2. The summed E-state index contributed by atoms with van der Waals surface area (Å²) in [4.78, 5) is 54.4. The summed E-state index contributed by atoms with van der Waals surface area (Å²) in [6.07, 6.45) is 2.85. The normalized spacial score (nSPS) is 20.9. The standard InChI is InChI=1S/C18H26N4O4.C2H4O2/c1-13-11-14(2)21(17(26)19-13)12-15(24)22-8-4-6-18(22)5-3-7-20(9-10-23)16(18)25;1-2(3)4/h11,23H,3-10,12H2,1-2H3;1H3,(H,3,4). The van der Waals surface area contributed by atoms with Gasteiger partial charge >= 0.3 is 5.69 Å². The topological polar surface area (TPSA) is 133 Å². The van der Waals surface area contributed by atoms with Crippen LogP contribution in [0.3, 0.4) is 0 Å². The van der Waals surface area contributed by atoms with Crippen LogP contribution < -0.4 is 5.69 Å². The number of carbonyl (C=O) groups is 3. The molecule has 2 aliphatic rings. The first-order valence-electron chi connectivity index (χ1n) is 10.1. The Hall–Kier alpha value is -2.75. The van der Waals surface area contributed by atoms with Crippen molar-refractivity contribution in [3.05, 3.63) is 27.9 Å². The zero-order chi connectivity index (χ0) is 22.5. The molecule has 0 aliphatic carbocycles. The number of aliphatic hydroxyl groups is 1. The van der Waals surface area contributed by atoms with Crippen LogP contribution in [0, 0.1) is 13.8 Å². The van der Waals surface area contributed by atoms with Gasteiger partial charge in [-0.1, -0.05) is 0 Å². The van der Waals surface area contributed by atoms with Crippen molar-refractivity contribution < 1.29 is 24.6 Å². The molecule has 1 aromatic heterocycles. The maximum atomic E-state index is 13.0. The zero-order valence-electron chi connectivity index (χ0n) is 17.8. The molecule has 10 nitrogen and oxygen atoms in total. The highest BCUT2D eigenvalue weighted by atomic mass is 16.4. The number of aliphatic hydroxyl groups excluding tert-OH is 1. The van der Waals surface area contributed by atoms with E-state index in [1.165, 1.54) is 4.57 Å². The average Bonchev–Trinajstić information content (AvgIpc) is 3.06. The first kappa shape index (κ1) is 23.5. The zero-order valence-corrected chi connectivity index (χ0v) is 17.8. The Labute approximate surface area is 175 Å². The maximum Gasteiger partial charge on any atom is 0.348 e. The second-order valence-electron chi connectivity index (χ2n) is 7.73. The second-order valence-corrected chi connectivity index (χ2v) is 7.73. The largest absolute Gasteiger partial charge is 0.481 e. The number of carboxylic acid groups (broad SMARTS) is 1. The quantitative estimate of drug-likeness (QED) is 0.694. The van der Waals surface area contributed by atoms with Gasteiger partial charge in [0.25, 0.3) is 5.97 Å². The minimum Gasteiger partial charge on any atom is -0.481 e. The summed E-state index contributed by atoms with van der Waals surface area (Å²) < 4.78 is 1.36. The van der Waals surface area contributed by atoms with E-state index in [-0.39, 0.29) is 25.0 Å². The van der Waals surface area contributed by atoms with Crippen LogP contribution in [0.25, 0.3) is 0 Å². The molecule has 3 heterocycles. The van der Waals surface area contributed by atoms with E-state index in [0.717, 1.165) is 19.8 Å². The summed E-state index contributed by atoms with van der Waals surface area (Å²) in [6.45, 7) is 5.84. The van der Waals surface area contributed by atoms with Gasteiger partial charge in [-0.15, -0.1) is 0 Å². The molecule has 2 saturated heterocycles. The van der Waals surface area contributed by atoms with Crippen LogP contribution in [0.5, 0.6) is 0 Å². The van der Waals surface area contributed by atoms with Crippen LogP contribution in [0.2, 0.25) is 0 Å². The molecular weight excluding hydrogens is 392 g/mol. The third-order valence-electron chi connectivity index (χ3n) is 5.50. The number of aromatic nitrogens is 2. The lowest BCUT2D eigenvalue weighted by Crippen LogP contribution is -2.62. The van der Waals surface area contributed by atoms with E-state index in [2.05, 4.69) is 4.98 Å². The highest BCUT2D eigenvalue weighted by Gasteiger charge is 2.52. The lowest BCUT2D eigenvalue weighted by Gasteiger charge is -2.44. The Morgan fingerprint density at radius 3 is 2.33 bits per heavy atom. The summed E-state index contributed by atoms with van der Waals surface area (Å²) in [7, 11) is 0. The Kier molecular flexibility index (Phi) is 7.71. The molecule has 1 aromatic rings. The predicted octanol–water partition coefficient (Wildman–Crippen LogP) is -0.0731. The number of piperidine rings is 1. The Morgan fingerprint density at radius 2 is 1.77 bits per heavy atom. The monoisotopic (exact) mass is 422 g/mol. The van der Waals surface area contributed by atoms with E-state index in [4.69, 9.17) is 9.90 Å². The Morgan fingerprint density at radius 1 is 1.17 bits per heavy atom. The summed E-state index contributed by atoms with van der Waals surface area (Å²) in [5.41, 5.74) is 0.0399. The molecule has 3 rings (SSSR count). The Bertz CT molecular complexity index is 861. The molecule has 0 radical (unpaired) electrons. The van der Waals surface area contributed by atoms with E-state index in [0.29, 0.717) is 43.9 Å². The molecule has 1 atom stereocenters.